The molecule has 0 fully saturated rings. The molecule has 6 nitrogen and oxygen atoms in total. The Morgan fingerprint density at radius 2 is 1.45 bits per heavy atom. The van der Waals surface area contributed by atoms with Crippen molar-refractivity contribution in [2.75, 3.05) is 17.7 Å². The molecule has 0 aliphatic carbocycles. The Bertz CT molecular complexity index is 1220. The fraction of sp³-hybridized carbons (Fsp3) is 0.0800. The van der Waals surface area contributed by atoms with Crippen LogP contribution in [0.25, 0.3) is 10.8 Å². The lowest BCUT2D eigenvalue weighted by Crippen LogP contribution is -2.39. The average molecular weight is 412 g/mol. The van der Waals surface area contributed by atoms with Crippen molar-refractivity contribution < 1.29 is 18.9 Å². The molecule has 0 radical (unpaired) electrons. The quantitative estimate of drug-likeness (QED) is 0.470. The first-order valence-corrected chi connectivity index (χ1v) is 9.84. The number of carbonyl (C=O) groups excluding carboxylic acids is 2. The minimum Gasteiger partial charge on any atom is -0.497 e. The van der Waals surface area contributed by atoms with E-state index in [1.165, 1.54) is 0 Å². The van der Waals surface area contributed by atoms with Gasteiger partial charge in [-0.1, -0.05) is 18.2 Å². The van der Waals surface area contributed by atoms with E-state index in [0.717, 1.165) is 16.5 Å². The van der Waals surface area contributed by atoms with Crippen LogP contribution in [0.5, 0.6) is 5.75 Å². The number of pyridine rings is 1. The Morgan fingerprint density at radius 1 is 0.806 bits per heavy atom. The molecule has 0 spiro atoms. The molecule has 0 saturated heterocycles. The standard InChI is InChI=1S/C25H21N3O3/c1-31-23-12-10-22(11-13-23)27-25(30)19-6-8-21(9-7-19)26-24(29)17-28-15-14-18-4-2-3-5-20(18)16-28/h2-16H,17H2,1H3,(H-,26,27,29,30)/p+1. The predicted octanol–water partition coefficient (Wildman–Crippen LogP) is 4.03. The molecular weight excluding hydrogens is 390 g/mol. The summed E-state index contributed by atoms with van der Waals surface area (Å²) < 4.78 is 6.95. The van der Waals surface area contributed by atoms with Crippen molar-refractivity contribution in [2.45, 2.75) is 6.54 Å². The van der Waals surface area contributed by atoms with Crippen molar-refractivity contribution in [2.24, 2.45) is 0 Å². The molecule has 0 aliphatic rings. The van der Waals surface area contributed by atoms with E-state index in [0.29, 0.717) is 16.9 Å². The lowest BCUT2D eigenvalue weighted by Gasteiger charge is -2.08. The van der Waals surface area contributed by atoms with Crippen LogP contribution in [-0.4, -0.2) is 18.9 Å². The third-order valence-corrected chi connectivity index (χ3v) is 4.85. The van der Waals surface area contributed by atoms with Gasteiger partial charge in [0.05, 0.1) is 7.11 Å². The van der Waals surface area contributed by atoms with E-state index >= 15 is 0 Å². The summed E-state index contributed by atoms with van der Waals surface area (Å²) in [4.78, 5) is 24.8. The fourth-order valence-electron chi connectivity index (χ4n) is 3.23. The van der Waals surface area contributed by atoms with Gasteiger partial charge in [-0.25, -0.2) is 0 Å². The van der Waals surface area contributed by atoms with Gasteiger partial charge in [-0.3, -0.25) is 9.59 Å². The van der Waals surface area contributed by atoms with E-state index in [2.05, 4.69) is 10.6 Å². The monoisotopic (exact) mass is 412 g/mol. The van der Waals surface area contributed by atoms with Gasteiger partial charge in [-0.2, -0.15) is 4.57 Å². The highest BCUT2D eigenvalue weighted by Gasteiger charge is 2.11. The van der Waals surface area contributed by atoms with E-state index in [4.69, 9.17) is 4.74 Å². The molecule has 31 heavy (non-hydrogen) atoms. The normalized spacial score (nSPS) is 10.5. The average Bonchev–Trinajstić information content (AvgIpc) is 2.80. The van der Waals surface area contributed by atoms with Crippen LogP contribution < -0.4 is 19.9 Å². The summed E-state index contributed by atoms with van der Waals surface area (Å²) in [5, 5.41) is 7.89. The number of benzene rings is 3. The zero-order chi connectivity index (χ0) is 21.6. The molecule has 1 heterocycles. The number of nitrogens with one attached hydrogen (secondary N) is 2. The van der Waals surface area contributed by atoms with Crippen LogP contribution in [0, 0.1) is 0 Å². The molecule has 6 heteroatoms. The Balaban J connectivity index is 1.35. The highest BCUT2D eigenvalue weighted by molar-refractivity contribution is 6.04. The van der Waals surface area contributed by atoms with Crippen LogP contribution in [0.15, 0.2) is 91.3 Å². The maximum atomic E-state index is 12.4. The summed E-state index contributed by atoms with van der Waals surface area (Å²) in [6, 6.07) is 23.9. The van der Waals surface area contributed by atoms with Crippen LogP contribution in [-0.2, 0) is 11.3 Å². The molecule has 2 N–H and O–H groups in total. The number of nitrogens with zero attached hydrogens (tertiary/aromatic N) is 1. The number of aromatic nitrogens is 1. The molecule has 154 valence electrons. The maximum absolute atomic E-state index is 12.4. The molecule has 4 aromatic rings. The molecule has 1 aromatic heterocycles. The number of hydrogen-bond acceptors (Lipinski definition) is 3. The van der Waals surface area contributed by atoms with Crippen LogP contribution in [0.1, 0.15) is 10.4 Å². The maximum Gasteiger partial charge on any atom is 0.290 e. The smallest absolute Gasteiger partial charge is 0.290 e. The minimum atomic E-state index is -0.227. The van der Waals surface area contributed by atoms with Gasteiger partial charge in [0.15, 0.2) is 12.4 Å². The van der Waals surface area contributed by atoms with Gasteiger partial charge in [0, 0.05) is 28.4 Å². The number of carbonyl (C=O) groups is 2. The first kappa shape index (κ1) is 20.1. The first-order chi connectivity index (χ1) is 15.1. The number of hydrogen-bond donors (Lipinski definition) is 2. The van der Waals surface area contributed by atoms with Crippen molar-refractivity contribution in [3.8, 4) is 5.75 Å². The molecule has 0 unspecified atom stereocenters. The van der Waals surface area contributed by atoms with Gasteiger partial charge in [-0.15, -0.1) is 0 Å². The first-order valence-electron chi connectivity index (χ1n) is 9.84. The summed E-state index contributed by atoms with van der Waals surface area (Å²) in [7, 11) is 1.59. The van der Waals surface area contributed by atoms with Crippen molar-refractivity contribution in [1.29, 1.82) is 0 Å². The number of rotatable bonds is 6. The van der Waals surface area contributed by atoms with Crippen molar-refractivity contribution in [3.63, 3.8) is 0 Å². The highest BCUT2D eigenvalue weighted by atomic mass is 16.5. The third kappa shape index (κ3) is 5.05. The minimum absolute atomic E-state index is 0.143. The number of ether oxygens (including phenoxy) is 1. The zero-order valence-electron chi connectivity index (χ0n) is 17.0. The summed E-state index contributed by atoms with van der Waals surface area (Å²) in [5.41, 5.74) is 1.81. The summed E-state index contributed by atoms with van der Waals surface area (Å²) >= 11 is 0. The van der Waals surface area contributed by atoms with Crippen LogP contribution in [0.2, 0.25) is 0 Å². The van der Waals surface area contributed by atoms with E-state index < -0.39 is 0 Å². The van der Waals surface area contributed by atoms with E-state index in [1.54, 1.807) is 55.6 Å². The Hall–Kier alpha value is -4.19. The number of amides is 2. The second-order valence-corrected chi connectivity index (χ2v) is 7.05. The van der Waals surface area contributed by atoms with Gasteiger partial charge >= 0.3 is 0 Å². The van der Waals surface area contributed by atoms with E-state index in [1.807, 2.05) is 47.3 Å². The van der Waals surface area contributed by atoms with Gasteiger partial charge < -0.3 is 15.4 Å². The Labute approximate surface area is 180 Å². The fourth-order valence-corrected chi connectivity index (χ4v) is 3.23. The second-order valence-electron chi connectivity index (χ2n) is 7.05. The topological polar surface area (TPSA) is 71.3 Å². The molecular formula is C25H22N3O3+. The highest BCUT2D eigenvalue weighted by Crippen LogP contribution is 2.17. The molecule has 0 saturated carbocycles. The number of anilines is 2. The Morgan fingerprint density at radius 3 is 2.16 bits per heavy atom. The largest absolute Gasteiger partial charge is 0.497 e. The molecule has 4 rings (SSSR count). The lowest BCUT2D eigenvalue weighted by atomic mass is 10.2. The van der Waals surface area contributed by atoms with E-state index in [9.17, 15) is 9.59 Å². The van der Waals surface area contributed by atoms with E-state index in [-0.39, 0.29) is 18.4 Å². The molecule has 2 amide bonds. The molecule has 0 bridgehead atoms. The van der Waals surface area contributed by atoms with Crippen molar-refractivity contribution in [3.05, 3.63) is 96.8 Å². The Kier molecular flexibility index (Phi) is 5.89. The summed E-state index contributed by atoms with van der Waals surface area (Å²) in [6.45, 7) is 0.199. The summed E-state index contributed by atoms with van der Waals surface area (Å²) in [6.07, 6.45) is 3.83. The predicted molar refractivity (Wildman–Crippen MR) is 120 cm³/mol. The number of fused-ring (bicyclic) bond motifs is 1. The SMILES string of the molecule is COc1ccc(NC(=O)c2ccc(NC(=O)C[n+]3ccc4ccccc4c3)cc2)cc1. The van der Waals surface area contributed by atoms with Crippen LogP contribution in [0.4, 0.5) is 11.4 Å². The number of methoxy groups -OCH3 is 1. The lowest BCUT2D eigenvalue weighted by molar-refractivity contribution is -0.682. The van der Waals surface area contributed by atoms with Gasteiger partial charge in [-0.05, 0) is 60.0 Å². The van der Waals surface area contributed by atoms with Gasteiger partial charge in [0.2, 0.25) is 6.54 Å². The van der Waals surface area contributed by atoms with Crippen LogP contribution in [0.3, 0.4) is 0 Å². The zero-order valence-corrected chi connectivity index (χ0v) is 17.0. The second kappa shape index (κ2) is 9.09. The summed E-state index contributed by atoms with van der Waals surface area (Å²) in [5.74, 6) is 0.352. The molecule has 0 atom stereocenters. The van der Waals surface area contributed by atoms with Crippen LogP contribution >= 0.6 is 0 Å². The van der Waals surface area contributed by atoms with Gasteiger partial charge in [0.1, 0.15) is 5.75 Å². The van der Waals surface area contributed by atoms with Gasteiger partial charge in [0.25, 0.3) is 11.8 Å². The van der Waals surface area contributed by atoms with Crippen molar-refractivity contribution in [1.82, 2.24) is 0 Å². The third-order valence-electron chi connectivity index (χ3n) is 4.85. The molecule has 3 aromatic carbocycles. The van der Waals surface area contributed by atoms with Crippen molar-refractivity contribution >= 4 is 34.0 Å². The molecule has 0 aliphatic heterocycles.